The number of benzene rings is 2. The molecule has 2 aromatic rings. The number of methoxy groups -OCH3 is 1. The highest BCUT2D eigenvalue weighted by molar-refractivity contribution is 6.30. The van der Waals surface area contributed by atoms with Crippen LogP contribution in [0.5, 0.6) is 5.75 Å². The van der Waals surface area contributed by atoms with Crippen molar-refractivity contribution in [2.75, 3.05) is 7.11 Å². The molecule has 0 heterocycles. The van der Waals surface area contributed by atoms with E-state index in [0.717, 1.165) is 22.4 Å². The Morgan fingerprint density at radius 2 is 1.70 bits per heavy atom. The van der Waals surface area contributed by atoms with Crippen molar-refractivity contribution >= 4 is 11.6 Å². The van der Waals surface area contributed by atoms with Crippen LogP contribution in [0.15, 0.2) is 30.3 Å². The summed E-state index contributed by atoms with van der Waals surface area (Å²) >= 11 is 5.75. The van der Waals surface area contributed by atoms with E-state index in [1.54, 1.807) is 7.11 Å². The summed E-state index contributed by atoms with van der Waals surface area (Å²) < 4.78 is 18.5. The summed E-state index contributed by atoms with van der Waals surface area (Å²) in [5, 5.41) is 10.4. The molecule has 0 aliphatic rings. The van der Waals surface area contributed by atoms with Crippen molar-refractivity contribution in [1.82, 2.24) is 0 Å². The van der Waals surface area contributed by atoms with Crippen LogP contribution in [0.3, 0.4) is 0 Å². The van der Waals surface area contributed by atoms with E-state index in [2.05, 4.69) is 0 Å². The third kappa shape index (κ3) is 2.79. The second-order valence-electron chi connectivity index (χ2n) is 4.76. The van der Waals surface area contributed by atoms with Gasteiger partial charge in [-0.15, -0.1) is 0 Å². The Hall–Kier alpha value is -1.58. The zero-order chi connectivity index (χ0) is 14.9. The Balaban J connectivity index is 2.42. The van der Waals surface area contributed by atoms with Gasteiger partial charge in [0, 0.05) is 0 Å². The maximum absolute atomic E-state index is 13.2. The first-order valence-corrected chi connectivity index (χ1v) is 6.60. The second-order valence-corrected chi connectivity index (χ2v) is 5.17. The minimum absolute atomic E-state index is 0.00325. The summed E-state index contributed by atoms with van der Waals surface area (Å²) in [6.07, 6.45) is -0.851. The minimum Gasteiger partial charge on any atom is -0.496 e. The van der Waals surface area contributed by atoms with Crippen LogP contribution >= 0.6 is 11.6 Å². The van der Waals surface area contributed by atoms with Crippen LogP contribution in [0.2, 0.25) is 5.02 Å². The number of ether oxygens (including phenoxy) is 1. The molecule has 1 N–H and O–H groups in total. The molecular formula is C16H16ClFO2. The van der Waals surface area contributed by atoms with Gasteiger partial charge in [0.2, 0.25) is 0 Å². The number of aliphatic hydroxyl groups excluding tert-OH is 1. The van der Waals surface area contributed by atoms with Gasteiger partial charge in [0.15, 0.2) is 0 Å². The standard InChI is InChI=1S/C16H16ClFO2/c1-9-6-12(7-10(2)16(9)20-3)15(19)11-4-5-14(18)13(17)8-11/h4-8,15,19H,1-3H3. The largest absolute Gasteiger partial charge is 0.496 e. The molecule has 0 radical (unpaired) electrons. The average Bonchev–Trinajstić information content (AvgIpc) is 2.40. The first-order chi connectivity index (χ1) is 9.43. The zero-order valence-electron chi connectivity index (χ0n) is 11.6. The molecule has 0 fully saturated rings. The summed E-state index contributed by atoms with van der Waals surface area (Å²) in [7, 11) is 1.62. The lowest BCUT2D eigenvalue weighted by atomic mass is 9.97. The number of aryl methyl sites for hydroxylation is 2. The lowest BCUT2D eigenvalue weighted by molar-refractivity contribution is 0.220. The molecule has 0 saturated carbocycles. The Labute approximate surface area is 122 Å². The lowest BCUT2D eigenvalue weighted by Crippen LogP contribution is -2.02. The highest BCUT2D eigenvalue weighted by Gasteiger charge is 2.15. The monoisotopic (exact) mass is 294 g/mol. The van der Waals surface area contributed by atoms with E-state index in [0.29, 0.717) is 5.56 Å². The van der Waals surface area contributed by atoms with Crippen LogP contribution in [-0.2, 0) is 0 Å². The van der Waals surface area contributed by atoms with E-state index in [4.69, 9.17) is 16.3 Å². The van der Waals surface area contributed by atoms with Gasteiger partial charge in [0.05, 0.1) is 12.1 Å². The van der Waals surface area contributed by atoms with E-state index in [9.17, 15) is 9.50 Å². The molecule has 0 aliphatic carbocycles. The quantitative estimate of drug-likeness (QED) is 0.920. The number of aliphatic hydroxyl groups is 1. The molecule has 4 heteroatoms. The predicted molar refractivity (Wildman–Crippen MR) is 77.9 cm³/mol. The molecule has 1 unspecified atom stereocenters. The van der Waals surface area contributed by atoms with E-state index in [1.165, 1.54) is 18.2 Å². The molecule has 20 heavy (non-hydrogen) atoms. The van der Waals surface area contributed by atoms with Crippen LogP contribution in [0, 0.1) is 19.7 Å². The molecule has 0 amide bonds. The average molecular weight is 295 g/mol. The zero-order valence-corrected chi connectivity index (χ0v) is 12.3. The van der Waals surface area contributed by atoms with Crippen LogP contribution < -0.4 is 4.74 Å². The summed E-state index contributed by atoms with van der Waals surface area (Å²) in [6.45, 7) is 3.83. The molecule has 0 aromatic heterocycles. The maximum atomic E-state index is 13.2. The number of rotatable bonds is 3. The predicted octanol–water partition coefficient (Wildman–Crippen LogP) is 4.19. The van der Waals surface area contributed by atoms with Crippen molar-refractivity contribution < 1.29 is 14.2 Å². The van der Waals surface area contributed by atoms with Gasteiger partial charge in [-0.1, -0.05) is 17.7 Å². The fraction of sp³-hybridized carbons (Fsp3) is 0.250. The van der Waals surface area contributed by atoms with Crippen LogP contribution in [0.1, 0.15) is 28.4 Å². The van der Waals surface area contributed by atoms with Gasteiger partial charge in [-0.25, -0.2) is 4.39 Å². The topological polar surface area (TPSA) is 29.5 Å². The molecule has 0 aliphatic heterocycles. The van der Waals surface area contributed by atoms with E-state index < -0.39 is 11.9 Å². The van der Waals surface area contributed by atoms with Crippen molar-refractivity contribution in [1.29, 1.82) is 0 Å². The molecule has 0 spiro atoms. The Morgan fingerprint density at radius 3 is 2.20 bits per heavy atom. The SMILES string of the molecule is COc1c(C)cc(C(O)c2ccc(F)c(Cl)c2)cc1C. The van der Waals surface area contributed by atoms with Crippen molar-refractivity contribution in [3.05, 3.63) is 63.4 Å². The molecule has 2 aromatic carbocycles. The van der Waals surface area contributed by atoms with Gasteiger partial charge in [-0.3, -0.25) is 0 Å². The van der Waals surface area contributed by atoms with Crippen LogP contribution in [0.4, 0.5) is 4.39 Å². The molecular weight excluding hydrogens is 279 g/mol. The molecule has 0 bridgehead atoms. The van der Waals surface area contributed by atoms with Crippen molar-refractivity contribution in [3.63, 3.8) is 0 Å². The Morgan fingerprint density at radius 1 is 1.10 bits per heavy atom. The van der Waals surface area contributed by atoms with Gasteiger partial charge in [0.1, 0.15) is 17.7 Å². The molecule has 1 atom stereocenters. The van der Waals surface area contributed by atoms with Crippen LogP contribution in [-0.4, -0.2) is 12.2 Å². The number of hydrogen-bond donors (Lipinski definition) is 1. The van der Waals surface area contributed by atoms with Crippen molar-refractivity contribution in [3.8, 4) is 5.75 Å². The third-order valence-corrected chi connectivity index (χ3v) is 3.55. The Bertz CT molecular complexity index is 617. The number of halogens is 2. The summed E-state index contributed by atoms with van der Waals surface area (Å²) in [5.74, 6) is 0.308. The van der Waals surface area contributed by atoms with Gasteiger partial charge in [-0.05, 0) is 60.4 Å². The fourth-order valence-corrected chi connectivity index (χ4v) is 2.53. The van der Waals surface area contributed by atoms with E-state index in [-0.39, 0.29) is 5.02 Å². The smallest absolute Gasteiger partial charge is 0.141 e. The first kappa shape index (κ1) is 14.8. The van der Waals surface area contributed by atoms with Crippen molar-refractivity contribution in [2.45, 2.75) is 20.0 Å². The summed E-state index contributed by atoms with van der Waals surface area (Å²) in [6, 6.07) is 7.93. The normalized spacial score (nSPS) is 12.3. The molecule has 2 rings (SSSR count). The highest BCUT2D eigenvalue weighted by atomic mass is 35.5. The third-order valence-electron chi connectivity index (χ3n) is 3.26. The van der Waals surface area contributed by atoms with Crippen molar-refractivity contribution in [2.24, 2.45) is 0 Å². The minimum atomic E-state index is -0.851. The van der Waals surface area contributed by atoms with Gasteiger partial charge < -0.3 is 9.84 Å². The maximum Gasteiger partial charge on any atom is 0.141 e. The number of hydrogen-bond acceptors (Lipinski definition) is 2. The van der Waals surface area contributed by atoms with Gasteiger partial charge in [-0.2, -0.15) is 0 Å². The van der Waals surface area contributed by atoms with E-state index >= 15 is 0 Å². The van der Waals surface area contributed by atoms with Crippen LogP contribution in [0.25, 0.3) is 0 Å². The molecule has 0 saturated heterocycles. The highest BCUT2D eigenvalue weighted by Crippen LogP contribution is 2.31. The Kier molecular flexibility index (Phi) is 4.31. The second kappa shape index (κ2) is 5.81. The van der Waals surface area contributed by atoms with Gasteiger partial charge >= 0.3 is 0 Å². The van der Waals surface area contributed by atoms with Gasteiger partial charge in [0.25, 0.3) is 0 Å². The summed E-state index contributed by atoms with van der Waals surface area (Å²) in [5.41, 5.74) is 3.16. The molecule has 106 valence electrons. The fourth-order valence-electron chi connectivity index (χ4n) is 2.34. The molecule has 2 nitrogen and oxygen atoms in total. The lowest BCUT2D eigenvalue weighted by Gasteiger charge is -2.16. The first-order valence-electron chi connectivity index (χ1n) is 6.22. The summed E-state index contributed by atoms with van der Waals surface area (Å²) in [4.78, 5) is 0. The van der Waals surface area contributed by atoms with E-state index in [1.807, 2.05) is 26.0 Å².